The molecule has 7 heteroatoms. The van der Waals surface area contributed by atoms with Crippen molar-refractivity contribution in [1.82, 2.24) is 0 Å². The molecule has 2 aliphatic heterocycles. The summed E-state index contributed by atoms with van der Waals surface area (Å²) in [6.07, 6.45) is -0.949. The van der Waals surface area contributed by atoms with E-state index in [0.717, 1.165) is 11.3 Å². The summed E-state index contributed by atoms with van der Waals surface area (Å²) < 4.78 is 5.25. The first-order valence-corrected chi connectivity index (χ1v) is 10.2. The van der Waals surface area contributed by atoms with Gasteiger partial charge in [0.05, 0.1) is 36.2 Å². The van der Waals surface area contributed by atoms with Crippen LogP contribution in [0.25, 0.3) is 0 Å². The molecule has 2 fully saturated rings. The number of rotatable bonds is 4. The first-order chi connectivity index (χ1) is 15.6. The fraction of sp³-hybridized carbons (Fsp3) is 0.160. The molecule has 0 saturated carbocycles. The van der Waals surface area contributed by atoms with Crippen LogP contribution in [0.5, 0.6) is 5.75 Å². The normalized spacial score (nSPS) is 22.1. The minimum atomic E-state index is -0.949. The van der Waals surface area contributed by atoms with Gasteiger partial charge in [0.25, 0.3) is 5.91 Å². The number of hydrogen-bond donors (Lipinski definition) is 0. The first-order valence-electron chi connectivity index (χ1n) is 10.2. The second-order valence-corrected chi connectivity index (χ2v) is 7.61. The molecule has 2 amide bonds. The van der Waals surface area contributed by atoms with E-state index < -0.39 is 24.0 Å². The summed E-state index contributed by atoms with van der Waals surface area (Å²) in [6, 6.07) is 24.8. The lowest BCUT2D eigenvalue weighted by Crippen LogP contribution is -2.37. The summed E-state index contributed by atoms with van der Waals surface area (Å²) in [7, 11) is 1.53. The van der Waals surface area contributed by atoms with Crippen molar-refractivity contribution in [2.24, 2.45) is 5.92 Å². The molecule has 3 aromatic rings. The topological polar surface area (TPSA) is 82.9 Å². The second-order valence-electron chi connectivity index (χ2n) is 7.61. The number of ether oxygens (including phenoxy) is 1. The maximum Gasteiger partial charge on any atom is 0.266 e. The number of anilines is 2. The van der Waals surface area contributed by atoms with Gasteiger partial charge in [-0.05, 0) is 42.0 Å². The Kier molecular flexibility index (Phi) is 4.85. The quantitative estimate of drug-likeness (QED) is 0.594. The Labute approximate surface area is 185 Å². The summed E-state index contributed by atoms with van der Waals surface area (Å²) in [6.45, 7) is 0. The zero-order chi connectivity index (χ0) is 22.2. The fourth-order valence-corrected chi connectivity index (χ4v) is 4.31. The van der Waals surface area contributed by atoms with Crippen LogP contribution in [0.1, 0.15) is 17.2 Å². The second kappa shape index (κ2) is 7.84. The lowest BCUT2D eigenvalue weighted by Gasteiger charge is -2.28. The van der Waals surface area contributed by atoms with E-state index >= 15 is 0 Å². The molecule has 0 radical (unpaired) electrons. The van der Waals surface area contributed by atoms with Crippen LogP contribution in [0.4, 0.5) is 11.4 Å². The number of carbonyl (C=O) groups excluding carboxylic acids is 2. The average Bonchev–Trinajstić information content (AvgIpc) is 3.35. The predicted octanol–water partition coefficient (Wildman–Crippen LogP) is 3.62. The molecule has 0 unspecified atom stereocenters. The number of methoxy groups -OCH3 is 1. The standard InChI is InChI=1S/C25H19N3O4/c1-31-20-9-5-8-19(14-20)27-24(29)21-22(17-12-10-16(15-26)11-13-17)28(32-23(21)25(27)30)18-6-3-2-4-7-18/h2-14,21-23H,1H3/t21-,22-,23+/m0/s1. The van der Waals surface area contributed by atoms with Gasteiger partial charge in [0.2, 0.25) is 5.91 Å². The monoisotopic (exact) mass is 425 g/mol. The zero-order valence-electron chi connectivity index (χ0n) is 17.2. The lowest BCUT2D eigenvalue weighted by molar-refractivity contribution is -0.126. The number of nitriles is 1. The van der Waals surface area contributed by atoms with Gasteiger partial charge in [-0.3, -0.25) is 14.4 Å². The Morgan fingerprint density at radius 1 is 0.906 bits per heavy atom. The fourth-order valence-electron chi connectivity index (χ4n) is 4.31. The average molecular weight is 425 g/mol. The molecule has 0 bridgehead atoms. The number of carbonyl (C=O) groups is 2. The van der Waals surface area contributed by atoms with Gasteiger partial charge >= 0.3 is 0 Å². The van der Waals surface area contributed by atoms with Crippen LogP contribution >= 0.6 is 0 Å². The van der Waals surface area contributed by atoms with E-state index in [0.29, 0.717) is 17.0 Å². The number of imide groups is 1. The van der Waals surface area contributed by atoms with Crippen LogP contribution in [0.2, 0.25) is 0 Å². The highest BCUT2D eigenvalue weighted by molar-refractivity contribution is 6.24. The predicted molar refractivity (Wildman–Crippen MR) is 117 cm³/mol. The third-order valence-corrected chi connectivity index (χ3v) is 5.82. The summed E-state index contributed by atoms with van der Waals surface area (Å²) in [5.74, 6) is -0.927. The van der Waals surface area contributed by atoms with Crippen molar-refractivity contribution >= 4 is 23.2 Å². The van der Waals surface area contributed by atoms with Crippen molar-refractivity contribution in [1.29, 1.82) is 5.26 Å². The van der Waals surface area contributed by atoms with Crippen LogP contribution in [0.3, 0.4) is 0 Å². The first kappa shape index (κ1) is 19.8. The number of amides is 2. The van der Waals surface area contributed by atoms with Gasteiger partial charge in [-0.2, -0.15) is 5.26 Å². The molecule has 32 heavy (non-hydrogen) atoms. The number of para-hydroxylation sites is 1. The molecule has 2 aliphatic rings. The maximum atomic E-state index is 13.6. The lowest BCUT2D eigenvalue weighted by atomic mass is 9.90. The highest BCUT2D eigenvalue weighted by atomic mass is 16.7. The van der Waals surface area contributed by atoms with Gasteiger partial charge in [-0.15, -0.1) is 0 Å². The molecule has 0 N–H and O–H groups in total. The van der Waals surface area contributed by atoms with Gasteiger partial charge in [-0.25, -0.2) is 9.96 Å². The van der Waals surface area contributed by atoms with Crippen molar-refractivity contribution in [3.05, 3.63) is 90.0 Å². The van der Waals surface area contributed by atoms with Crippen LogP contribution in [0.15, 0.2) is 78.9 Å². The SMILES string of the molecule is COc1cccc(N2C(=O)[C@@H]3[C@@H](ON(c4ccccc4)[C@H]3c3ccc(C#N)cc3)C2=O)c1. The maximum absolute atomic E-state index is 13.6. The summed E-state index contributed by atoms with van der Waals surface area (Å²) >= 11 is 0. The van der Waals surface area contributed by atoms with Crippen LogP contribution in [-0.2, 0) is 14.4 Å². The van der Waals surface area contributed by atoms with E-state index in [4.69, 9.17) is 14.8 Å². The Bertz CT molecular complexity index is 1220. The Morgan fingerprint density at radius 3 is 2.31 bits per heavy atom. The van der Waals surface area contributed by atoms with E-state index in [1.165, 1.54) is 12.0 Å². The summed E-state index contributed by atoms with van der Waals surface area (Å²) in [4.78, 5) is 34.2. The van der Waals surface area contributed by atoms with Crippen molar-refractivity contribution < 1.29 is 19.2 Å². The Balaban J connectivity index is 1.58. The van der Waals surface area contributed by atoms with Crippen molar-refractivity contribution in [3.63, 3.8) is 0 Å². The Morgan fingerprint density at radius 2 is 1.62 bits per heavy atom. The largest absolute Gasteiger partial charge is 0.497 e. The van der Waals surface area contributed by atoms with Crippen LogP contribution in [0, 0.1) is 17.2 Å². The number of hydrogen-bond acceptors (Lipinski definition) is 6. The van der Waals surface area contributed by atoms with Crippen molar-refractivity contribution in [3.8, 4) is 11.8 Å². The van der Waals surface area contributed by atoms with Crippen LogP contribution in [-0.4, -0.2) is 25.0 Å². The number of benzene rings is 3. The molecule has 3 atom stereocenters. The molecular formula is C25H19N3O4. The molecule has 2 heterocycles. The number of hydroxylamine groups is 1. The van der Waals surface area contributed by atoms with E-state index in [9.17, 15) is 9.59 Å². The molecule has 158 valence electrons. The molecule has 0 aromatic heterocycles. The smallest absolute Gasteiger partial charge is 0.266 e. The van der Waals surface area contributed by atoms with E-state index in [1.807, 2.05) is 30.3 Å². The molecule has 3 aromatic carbocycles. The molecular weight excluding hydrogens is 406 g/mol. The Hall–Kier alpha value is -4.15. The van der Waals surface area contributed by atoms with Crippen molar-refractivity contribution in [2.75, 3.05) is 17.1 Å². The summed E-state index contributed by atoms with van der Waals surface area (Å²) in [5, 5.41) is 10.8. The van der Waals surface area contributed by atoms with Gasteiger partial charge in [0.15, 0.2) is 6.10 Å². The van der Waals surface area contributed by atoms with Gasteiger partial charge < -0.3 is 4.74 Å². The third kappa shape index (κ3) is 3.09. The van der Waals surface area contributed by atoms with Gasteiger partial charge in [-0.1, -0.05) is 36.4 Å². The van der Waals surface area contributed by atoms with E-state index in [-0.39, 0.29) is 5.91 Å². The van der Waals surface area contributed by atoms with E-state index in [2.05, 4.69) is 6.07 Å². The minimum Gasteiger partial charge on any atom is -0.497 e. The van der Waals surface area contributed by atoms with Gasteiger partial charge in [0.1, 0.15) is 11.7 Å². The van der Waals surface area contributed by atoms with Crippen LogP contribution < -0.4 is 14.7 Å². The number of fused-ring (bicyclic) bond motifs is 1. The molecule has 0 spiro atoms. The number of nitrogens with zero attached hydrogens (tertiary/aromatic N) is 3. The van der Waals surface area contributed by atoms with E-state index in [1.54, 1.807) is 53.6 Å². The zero-order valence-corrected chi connectivity index (χ0v) is 17.2. The highest BCUT2D eigenvalue weighted by Crippen LogP contribution is 2.47. The highest BCUT2D eigenvalue weighted by Gasteiger charge is 2.60. The van der Waals surface area contributed by atoms with Crippen molar-refractivity contribution in [2.45, 2.75) is 12.1 Å². The molecule has 5 rings (SSSR count). The molecule has 0 aliphatic carbocycles. The molecule has 7 nitrogen and oxygen atoms in total. The third-order valence-electron chi connectivity index (χ3n) is 5.82. The summed E-state index contributed by atoms with van der Waals surface area (Å²) in [5.41, 5.74) is 2.49. The van der Waals surface area contributed by atoms with Gasteiger partial charge in [0, 0.05) is 6.07 Å². The molecule has 2 saturated heterocycles. The minimum absolute atomic E-state index is 0.332.